The SMILES string of the molecule is N[C@@H]1C[C@H](N)CN(c2nc(N3CCC4CCCCC4C3)nc(N3C[C@H](N)C[C@H](N)C3)n2)C1. The Morgan fingerprint density at radius 3 is 1.47 bits per heavy atom. The molecule has 3 aliphatic heterocycles. The van der Waals surface area contributed by atoms with E-state index in [0.29, 0.717) is 38.1 Å². The van der Waals surface area contributed by atoms with E-state index in [2.05, 4.69) is 14.7 Å². The van der Waals surface area contributed by atoms with Crippen LogP contribution in [-0.2, 0) is 0 Å². The highest BCUT2D eigenvalue weighted by Gasteiger charge is 2.34. The van der Waals surface area contributed by atoms with Crippen molar-refractivity contribution in [2.45, 2.75) is 69.1 Å². The van der Waals surface area contributed by atoms with Crippen molar-refractivity contribution >= 4 is 17.8 Å². The number of anilines is 3. The summed E-state index contributed by atoms with van der Waals surface area (Å²) in [5, 5.41) is 0. The zero-order valence-corrected chi connectivity index (χ0v) is 19.1. The van der Waals surface area contributed by atoms with Gasteiger partial charge in [-0.1, -0.05) is 19.3 Å². The fourth-order valence-corrected chi connectivity index (χ4v) is 6.23. The number of fused-ring (bicyclic) bond motifs is 1. The molecule has 8 N–H and O–H groups in total. The van der Waals surface area contributed by atoms with Crippen LogP contribution in [0.2, 0.25) is 0 Å². The van der Waals surface area contributed by atoms with Crippen LogP contribution >= 0.6 is 0 Å². The zero-order valence-electron chi connectivity index (χ0n) is 19.1. The first kappa shape index (κ1) is 22.1. The summed E-state index contributed by atoms with van der Waals surface area (Å²) in [6.07, 6.45) is 8.29. The normalized spacial score (nSPS) is 36.2. The monoisotopic (exact) mass is 444 g/mol. The molecule has 5 rings (SSSR count). The Morgan fingerprint density at radius 2 is 0.969 bits per heavy atom. The summed E-state index contributed by atoms with van der Waals surface area (Å²) in [4.78, 5) is 21.4. The molecule has 2 unspecified atom stereocenters. The fraction of sp³-hybridized carbons (Fsp3) is 0.864. The Bertz CT molecular complexity index is 726. The molecule has 1 saturated carbocycles. The highest BCUT2D eigenvalue weighted by Crippen LogP contribution is 2.37. The maximum Gasteiger partial charge on any atom is 0.232 e. The van der Waals surface area contributed by atoms with Crippen molar-refractivity contribution in [1.29, 1.82) is 0 Å². The highest BCUT2D eigenvalue weighted by atomic mass is 15.4. The average Bonchev–Trinajstić information content (AvgIpc) is 2.77. The van der Waals surface area contributed by atoms with E-state index >= 15 is 0 Å². The number of aromatic nitrogens is 3. The number of hydrogen-bond donors (Lipinski definition) is 4. The van der Waals surface area contributed by atoms with Gasteiger partial charge in [0, 0.05) is 63.4 Å². The van der Waals surface area contributed by atoms with E-state index in [1.807, 2.05) is 0 Å². The largest absolute Gasteiger partial charge is 0.340 e. The standard InChI is InChI=1S/C22H40N10/c23-16-7-17(24)11-31(10-16)21-27-20(30-6-5-14-3-1-2-4-15(14)9-30)28-22(29-21)32-12-18(25)8-19(26)13-32/h14-19H,1-13,23-26H2/t14?,15?,16-,17+,18-,19+. The molecule has 3 saturated heterocycles. The molecule has 4 fully saturated rings. The molecule has 1 aromatic rings. The van der Waals surface area contributed by atoms with E-state index in [-0.39, 0.29) is 24.2 Å². The predicted octanol–water partition coefficient (Wildman–Crippen LogP) is -0.382. The molecular weight excluding hydrogens is 404 g/mol. The van der Waals surface area contributed by atoms with E-state index in [1.54, 1.807) is 0 Å². The van der Waals surface area contributed by atoms with Gasteiger partial charge in [-0.3, -0.25) is 0 Å². The van der Waals surface area contributed by atoms with Crippen molar-refractivity contribution in [3.05, 3.63) is 0 Å². The van der Waals surface area contributed by atoms with Gasteiger partial charge in [-0.05, 0) is 37.5 Å². The molecular formula is C22H40N10. The fourth-order valence-electron chi connectivity index (χ4n) is 6.23. The molecule has 1 aliphatic carbocycles. The van der Waals surface area contributed by atoms with Gasteiger partial charge in [-0.25, -0.2) is 0 Å². The molecule has 6 atom stereocenters. The van der Waals surface area contributed by atoms with Crippen LogP contribution in [0.1, 0.15) is 44.9 Å². The summed E-state index contributed by atoms with van der Waals surface area (Å²) in [5.74, 6) is 3.73. The second kappa shape index (κ2) is 9.24. The minimum atomic E-state index is 0.0252. The third kappa shape index (κ3) is 4.78. The molecule has 32 heavy (non-hydrogen) atoms. The highest BCUT2D eigenvalue weighted by molar-refractivity contribution is 5.48. The molecule has 10 nitrogen and oxygen atoms in total. The Morgan fingerprint density at radius 1 is 0.531 bits per heavy atom. The molecule has 10 heteroatoms. The molecule has 0 bridgehead atoms. The van der Waals surface area contributed by atoms with Crippen LogP contribution < -0.4 is 37.6 Å². The quantitative estimate of drug-likeness (QED) is 0.485. The van der Waals surface area contributed by atoms with E-state index in [0.717, 1.165) is 43.7 Å². The van der Waals surface area contributed by atoms with Crippen LogP contribution in [0.15, 0.2) is 0 Å². The third-order valence-electron chi connectivity index (χ3n) is 7.77. The molecule has 178 valence electrons. The maximum absolute atomic E-state index is 6.28. The van der Waals surface area contributed by atoms with Gasteiger partial charge in [0.05, 0.1) is 0 Å². The van der Waals surface area contributed by atoms with Gasteiger partial charge in [0.2, 0.25) is 17.8 Å². The lowest BCUT2D eigenvalue weighted by atomic mass is 9.75. The molecule has 0 aromatic carbocycles. The second-order valence-electron chi connectivity index (χ2n) is 10.6. The van der Waals surface area contributed by atoms with Crippen molar-refractivity contribution in [3.63, 3.8) is 0 Å². The minimum absolute atomic E-state index is 0.0252. The third-order valence-corrected chi connectivity index (χ3v) is 7.77. The van der Waals surface area contributed by atoms with Crippen LogP contribution in [-0.4, -0.2) is 78.4 Å². The summed E-state index contributed by atoms with van der Waals surface area (Å²) in [6.45, 7) is 4.87. The van der Waals surface area contributed by atoms with Crippen LogP contribution in [0.25, 0.3) is 0 Å². The lowest BCUT2D eigenvalue weighted by molar-refractivity contribution is 0.201. The Labute approximate surface area is 191 Å². The van der Waals surface area contributed by atoms with Crippen LogP contribution in [0, 0.1) is 11.8 Å². The van der Waals surface area contributed by atoms with E-state index < -0.39 is 0 Å². The molecule has 0 amide bonds. The molecule has 0 radical (unpaired) electrons. The number of hydrogen-bond acceptors (Lipinski definition) is 10. The lowest BCUT2D eigenvalue weighted by Gasteiger charge is -2.42. The van der Waals surface area contributed by atoms with Gasteiger partial charge in [-0.15, -0.1) is 0 Å². The van der Waals surface area contributed by atoms with Crippen LogP contribution in [0.3, 0.4) is 0 Å². The molecule has 1 aromatic heterocycles. The minimum Gasteiger partial charge on any atom is -0.340 e. The maximum atomic E-state index is 6.28. The molecule has 4 aliphatic rings. The summed E-state index contributed by atoms with van der Waals surface area (Å²) in [6, 6.07) is 0.101. The van der Waals surface area contributed by atoms with Gasteiger partial charge in [0.15, 0.2) is 0 Å². The Balaban J connectivity index is 1.45. The van der Waals surface area contributed by atoms with Crippen LogP contribution in [0.4, 0.5) is 17.8 Å². The smallest absolute Gasteiger partial charge is 0.232 e. The molecule has 0 spiro atoms. The van der Waals surface area contributed by atoms with E-state index in [4.69, 9.17) is 37.9 Å². The average molecular weight is 445 g/mol. The van der Waals surface area contributed by atoms with Gasteiger partial charge < -0.3 is 37.6 Å². The topological polar surface area (TPSA) is 152 Å². The second-order valence-corrected chi connectivity index (χ2v) is 10.6. The van der Waals surface area contributed by atoms with Crippen molar-refractivity contribution in [3.8, 4) is 0 Å². The van der Waals surface area contributed by atoms with Gasteiger partial charge in [0.1, 0.15) is 0 Å². The molecule has 4 heterocycles. The van der Waals surface area contributed by atoms with Crippen molar-refractivity contribution in [2.75, 3.05) is 54.0 Å². The van der Waals surface area contributed by atoms with Crippen LogP contribution in [0.5, 0.6) is 0 Å². The first-order valence-electron chi connectivity index (χ1n) is 12.5. The summed E-state index contributed by atoms with van der Waals surface area (Å²) < 4.78 is 0. The predicted molar refractivity (Wildman–Crippen MR) is 128 cm³/mol. The summed E-state index contributed by atoms with van der Waals surface area (Å²) in [7, 11) is 0. The van der Waals surface area contributed by atoms with Gasteiger partial charge in [0.25, 0.3) is 0 Å². The number of piperidine rings is 3. The first-order chi connectivity index (χ1) is 15.4. The zero-order chi connectivity index (χ0) is 22.2. The Kier molecular flexibility index (Phi) is 6.37. The van der Waals surface area contributed by atoms with Crippen molar-refractivity contribution < 1.29 is 0 Å². The Hall–Kier alpha value is -1.75. The summed E-state index contributed by atoms with van der Waals surface area (Å²) in [5.41, 5.74) is 25.1. The van der Waals surface area contributed by atoms with E-state index in [1.165, 1.54) is 32.1 Å². The number of nitrogens with two attached hydrogens (primary N) is 4. The van der Waals surface area contributed by atoms with E-state index in [9.17, 15) is 0 Å². The van der Waals surface area contributed by atoms with Crippen molar-refractivity contribution in [1.82, 2.24) is 15.0 Å². The lowest BCUT2D eigenvalue weighted by Crippen LogP contribution is -2.54. The van der Waals surface area contributed by atoms with Gasteiger partial charge >= 0.3 is 0 Å². The number of nitrogens with zero attached hydrogens (tertiary/aromatic N) is 6. The first-order valence-corrected chi connectivity index (χ1v) is 12.5. The number of rotatable bonds is 3. The van der Waals surface area contributed by atoms with Gasteiger partial charge in [-0.2, -0.15) is 15.0 Å². The van der Waals surface area contributed by atoms with Crippen molar-refractivity contribution in [2.24, 2.45) is 34.8 Å². The summed E-state index contributed by atoms with van der Waals surface area (Å²) >= 11 is 0.